The van der Waals surface area contributed by atoms with E-state index in [0.29, 0.717) is 23.6 Å². The third kappa shape index (κ3) is 3.57. The number of nitrogens with two attached hydrogens (primary N) is 1. The van der Waals surface area contributed by atoms with Crippen LogP contribution in [-0.2, 0) is 18.6 Å². The van der Waals surface area contributed by atoms with E-state index in [1.165, 1.54) is 6.33 Å². The molecule has 160 valence electrons. The lowest BCUT2D eigenvalue weighted by atomic mass is 10.1. The molecule has 2 aliphatic heterocycles. The highest BCUT2D eigenvalue weighted by Gasteiger charge is 2.56. The summed E-state index contributed by atoms with van der Waals surface area (Å²) in [7, 11) is -1.92. The Balaban J connectivity index is 1.62. The Hall–Kier alpha value is -1.59. The molecule has 2 aliphatic rings. The lowest BCUT2D eigenvalue weighted by Crippen LogP contribution is -2.44. The van der Waals surface area contributed by atoms with E-state index in [9.17, 15) is 0 Å². The van der Waals surface area contributed by atoms with Gasteiger partial charge in [-0.3, -0.25) is 4.57 Å². The fourth-order valence-electron chi connectivity index (χ4n) is 3.58. The minimum absolute atomic E-state index is 0.117. The van der Waals surface area contributed by atoms with Crippen LogP contribution in [0.3, 0.4) is 0 Å². The highest BCUT2D eigenvalue weighted by molar-refractivity contribution is 6.74. The van der Waals surface area contributed by atoms with Crippen molar-refractivity contribution in [3.63, 3.8) is 0 Å². The molecule has 4 rings (SSSR count). The molecule has 4 heterocycles. The van der Waals surface area contributed by atoms with Crippen LogP contribution in [0.25, 0.3) is 11.2 Å². The van der Waals surface area contributed by atoms with E-state index in [0.717, 1.165) is 0 Å². The lowest BCUT2D eigenvalue weighted by Gasteiger charge is -2.37. The van der Waals surface area contributed by atoms with Crippen LogP contribution in [0.15, 0.2) is 12.7 Å². The summed E-state index contributed by atoms with van der Waals surface area (Å²) in [6.45, 7) is 15.4. The van der Waals surface area contributed by atoms with E-state index in [1.54, 1.807) is 6.33 Å². The SMILES string of the molecule is CC1(C)OC2[C@H](O1)[C@H](CO[Si](C)(C)C(C)(C)C)O[C@@H]2n1cnc2c(N)ncnc21. The van der Waals surface area contributed by atoms with E-state index in [4.69, 9.17) is 24.4 Å². The van der Waals surface area contributed by atoms with Crippen LogP contribution >= 0.6 is 0 Å². The van der Waals surface area contributed by atoms with Gasteiger partial charge in [-0.2, -0.15) is 0 Å². The molecular formula is C19H31N5O4Si. The topological polar surface area (TPSA) is 107 Å². The van der Waals surface area contributed by atoms with Crippen molar-refractivity contribution in [2.75, 3.05) is 12.3 Å². The van der Waals surface area contributed by atoms with Crippen molar-refractivity contribution in [1.29, 1.82) is 0 Å². The van der Waals surface area contributed by atoms with Crippen LogP contribution in [0, 0.1) is 0 Å². The summed E-state index contributed by atoms with van der Waals surface area (Å²) < 4.78 is 27.1. The number of imidazole rings is 1. The van der Waals surface area contributed by atoms with Gasteiger partial charge in [0.2, 0.25) is 0 Å². The maximum Gasteiger partial charge on any atom is 0.192 e. The first-order chi connectivity index (χ1) is 13.4. The van der Waals surface area contributed by atoms with Crippen molar-refractivity contribution >= 4 is 25.3 Å². The van der Waals surface area contributed by atoms with Crippen LogP contribution in [0.4, 0.5) is 5.82 Å². The molecule has 0 saturated carbocycles. The van der Waals surface area contributed by atoms with Gasteiger partial charge in [-0.15, -0.1) is 0 Å². The van der Waals surface area contributed by atoms with Crippen molar-refractivity contribution < 1.29 is 18.6 Å². The second-order valence-electron chi connectivity index (χ2n) is 9.78. The fourth-order valence-corrected chi connectivity index (χ4v) is 4.59. The molecule has 0 aromatic carbocycles. The van der Waals surface area contributed by atoms with Crippen molar-refractivity contribution in [3.8, 4) is 0 Å². The maximum absolute atomic E-state index is 6.43. The number of nitrogens with zero attached hydrogens (tertiary/aromatic N) is 4. The van der Waals surface area contributed by atoms with E-state index in [1.807, 2.05) is 18.4 Å². The molecule has 2 aromatic rings. The van der Waals surface area contributed by atoms with E-state index in [2.05, 4.69) is 48.8 Å². The van der Waals surface area contributed by atoms with Gasteiger partial charge in [0.1, 0.15) is 30.2 Å². The fraction of sp³-hybridized carbons (Fsp3) is 0.737. The zero-order valence-electron chi connectivity index (χ0n) is 18.2. The number of hydrogen-bond donors (Lipinski definition) is 1. The van der Waals surface area contributed by atoms with Gasteiger partial charge >= 0.3 is 0 Å². The lowest BCUT2D eigenvalue weighted by molar-refractivity contribution is -0.199. The predicted octanol–water partition coefficient (Wildman–Crippen LogP) is 2.85. The molecule has 9 nitrogen and oxygen atoms in total. The third-order valence-corrected chi connectivity index (χ3v) is 10.7. The predicted molar refractivity (Wildman–Crippen MR) is 111 cm³/mol. The Morgan fingerprint density at radius 2 is 1.86 bits per heavy atom. The number of fused-ring (bicyclic) bond motifs is 2. The molecule has 0 radical (unpaired) electrons. The molecule has 2 fully saturated rings. The van der Waals surface area contributed by atoms with E-state index < -0.39 is 20.3 Å². The second kappa shape index (κ2) is 6.71. The molecule has 0 amide bonds. The van der Waals surface area contributed by atoms with Crippen LogP contribution < -0.4 is 5.73 Å². The first kappa shape index (κ1) is 20.7. The Bertz CT molecular complexity index is 910. The van der Waals surface area contributed by atoms with Crippen molar-refractivity contribution in [3.05, 3.63) is 12.7 Å². The number of nitrogen functional groups attached to an aromatic ring is 1. The summed E-state index contributed by atoms with van der Waals surface area (Å²) >= 11 is 0. The molecule has 0 aliphatic carbocycles. The molecule has 2 N–H and O–H groups in total. The van der Waals surface area contributed by atoms with E-state index in [-0.39, 0.29) is 23.4 Å². The Morgan fingerprint density at radius 1 is 1.17 bits per heavy atom. The summed E-state index contributed by atoms with van der Waals surface area (Å²) in [6.07, 6.45) is 1.87. The molecule has 4 atom stereocenters. The first-order valence-electron chi connectivity index (χ1n) is 9.98. The van der Waals surface area contributed by atoms with Gasteiger partial charge in [0.15, 0.2) is 31.8 Å². The van der Waals surface area contributed by atoms with Crippen molar-refractivity contribution in [2.45, 2.75) is 83.1 Å². The Labute approximate surface area is 172 Å². The molecule has 0 spiro atoms. The van der Waals surface area contributed by atoms with Gasteiger partial charge in [-0.25, -0.2) is 15.0 Å². The molecular weight excluding hydrogens is 390 g/mol. The van der Waals surface area contributed by atoms with Gasteiger partial charge in [0.25, 0.3) is 0 Å². The van der Waals surface area contributed by atoms with Gasteiger partial charge < -0.3 is 24.4 Å². The monoisotopic (exact) mass is 421 g/mol. The molecule has 1 unspecified atom stereocenters. The van der Waals surface area contributed by atoms with Crippen LogP contribution in [-0.4, -0.2) is 58.5 Å². The summed E-state index contributed by atoms with van der Waals surface area (Å²) in [5, 5.41) is 0.117. The number of aromatic nitrogens is 4. The highest BCUT2D eigenvalue weighted by atomic mass is 28.4. The van der Waals surface area contributed by atoms with Gasteiger partial charge in [-0.1, -0.05) is 20.8 Å². The van der Waals surface area contributed by atoms with Gasteiger partial charge in [-0.05, 0) is 32.0 Å². The highest BCUT2D eigenvalue weighted by Crippen LogP contribution is 2.45. The Morgan fingerprint density at radius 3 is 2.55 bits per heavy atom. The smallest absolute Gasteiger partial charge is 0.192 e. The summed E-state index contributed by atoms with van der Waals surface area (Å²) in [5.41, 5.74) is 7.10. The third-order valence-electron chi connectivity index (χ3n) is 6.20. The molecule has 2 saturated heterocycles. The quantitative estimate of drug-likeness (QED) is 0.751. The first-order valence-corrected chi connectivity index (χ1v) is 12.9. The molecule has 10 heteroatoms. The van der Waals surface area contributed by atoms with Crippen molar-refractivity contribution in [2.24, 2.45) is 0 Å². The average Bonchev–Trinajstić information content (AvgIpc) is 3.24. The van der Waals surface area contributed by atoms with Crippen LogP contribution in [0.2, 0.25) is 18.1 Å². The normalized spacial score (nSPS) is 29.5. The zero-order valence-corrected chi connectivity index (χ0v) is 19.2. The molecule has 0 bridgehead atoms. The van der Waals surface area contributed by atoms with Crippen LogP contribution in [0.1, 0.15) is 40.8 Å². The van der Waals surface area contributed by atoms with E-state index >= 15 is 0 Å². The minimum atomic E-state index is -1.92. The summed E-state index contributed by atoms with van der Waals surface area (Å²) in [5.74, 6) is -0.359. The van der Waals surface area contributed by atoms with Crippen molar-refractivity contribution in [1.82, 2.24) is 19.5 Å². The minimum Gasteiger partial charge on any atom is -0.414 e. The number of hydrogen-bond acceptors (Lipinski definition) is 8. The average molecular weight is 422 g/mol. The summed E-state index contributed by atoms with van der Waals surface area (Å²) in [6, 6.07) is 0. The van der Waals surface area contributed by atoms with Crippen LogP contribution in [0.5, 0.6) is 0 Å². The standard InChI is InChI=1S/C19H31N5O4Si/c1-18(2,3)29(6,7)25-8-11-13-14(28-19(4,5)27-13)17(26-11)24-10-23-12-15(20)21-9-22-16(12)24/h9-11,13-14,17H,8H2,1-7H3,(H2,20,21,22)/t11-,13+,14?,17-/m0/s1. The summed E-state index contributed by atoms with van der Waals surface area (Å²) in [4.78, 5) is 12.7. The Kier molecular flexibility index (Phi) is 4.78. The number of ether oxygens (including phenoxy) is 3. The molecule has 29 heavy (non-hydrogen) atoms. The number of rotatable bonds is 4. The van der Waals surface area contributed by atoms with Gasteiger partial charge in [0.05, 0.1) is 12.9 Å². The largest absolute Gasteiger partial charge is 0.414 e. The second-order valence-corrected chi connectivity index (χ2v) is 14.6. The number of anilines is 1. The van der Waals surface area contributed by atoms with Gasteiger partial charge in [0, 0.05) is 0 Å². The zero-order chi connectivity index (χ0) is 21.2. The molecule has 2 aromatic heterocycles. The maximum atomic E-state index is 6.43.